The smallest absolute Gasteiger partial charge is 0.235 e. The van der Waals surface area contributed by atoms with Gasteiger partial charge in [-0.25, -0.2) is 0 Å². The first-order valence-corrected chi connectivity index (χ1v) is 6.80. The number of halogens is 1. The molecule has 1 aromatic carbocycles. The van der Waals surface area contributed by atoms with Crippen molar-refractivity contribution in [3.8, 4) is 0 Å². The molecule has 0 atom stereocenters. The molecule has 1 amide bonds. The lowest BCUT2D eigenvalue weighted by atomic mass is 9.84. The molecule has 102 valence electrons. The van der Waals surface area contributed by atoms with E-state index in [1.54, 1.807) is 0 Å². The summed E-state index contributed by atoms with van der Waals surface area (Å²) in [6.07, 6.45) is 0. The number of nitrogens with one attached hydrogen (secondary N) is 1. The Bertz CT molecular complexity index is 537. The van der Waals surface area contributed by atoms with Gasteiger partial charge in [0.15, 0.2) is 0 Å². The molecule has 0 radical (unpaired) electrons. The molecule has 4 heteroatoms. The molecule has 1 aliphatic rings. The molecule has 0 aliphatic carbocycles. The van der Waals surface area contributed by atoms with Gasteiger partial charge in [0.1, 0.15) is 5.88 Å². The van der Waals surface area contributed by atoms with Gasteiger partial charge in [-0.05, 0) is 17.2 Å². The van der Waals surface area contributed by atoms with Gasteiger partial charge in [-0.15, -0.1) is 11.6 Å². The van der Waals surface area contributed by atoms with Crippen LogP contribution >= 0.6 is 11.6 Å². The Morgan fingerprint density at radius 3 is 2.79 bits per heavy atom. The molecule has 1 aromatic rings. The fourth-order valence-electron chi connectivity index (χ4n) is 2.45. The quantitative estimate of drug-likeness (QED) is 0.863. The van der Waals surface area contributed by atoms with Crippen molar-refractivity contribution < 1.29 is 4.79 Å². The number of benzene rings is 1. The molecule has 0 fully saturated rings. The summed E-state index contributed by atoms with van der Waals surface area (Å²) in [5.41, 5.74) is 4.52. The van der Waals surface area contributed by atoms with Crippen molar-refractivity contribution in [2.75, 3.05) is 17.8 Å². The van der Waals surface area contributed by atoms with Crippen molar-refractivity contribution in [3.63, 3.8) is 0 Å². The maximum atomic E-state index is 11.2. The van der Waals surface area contributed by atoms with Gasteiger partial charge >= 0.3 is 0 Å². The van der Waals surface area contributed by atoms with Crippen molar-refractivity contribution in [2.45, 2.75) is 25.8 Å². The molecule has 0 spiro atoms. The Hall–Kier alpha value is -1.48. The summed E-state index contributed by atoms with van der Waals surface area (Å²) in [4.78, 5) is 13.3. The Kier molecular flexibility index (Phi) is 3.59. The molecule has 0 saturated carbocycles. The van der Waals surface area contributed by atoms with E-state index in [2.05, 4.69) is 42.8 Å². The highest BCUT2D eigenvalue weighted by atomic mass is 35.5. The van der Waals surface area contributed by atoms with Crippen LogP contribution < -0.4 is 10.2 Å². The number of hydrogen-bond acceptors (Lipinski definition) is 2. The first-order chi connectivity index (χ1) is 8.87. The molecule has 0 unspecified atom stereocenters. The normalized spacial score (nSPS) is 16.4. The highest BCUT2D eigenvalue weighted by Gasteiger charge is 2.37. The monoisotopic (exact) mass is 278 g/mol. The number of alkyl halides is 1. The number of carbonyl (C=O) groups is 1. The summed E-state index contributed by atoms with van der Waals surface area (Å²) >= 11 is 5.47. The fraction of sp³-hybridized carbons (Fsp3) is 0.400. The van der Waals surface area contributed by atoms with Crippen LogP contribution in [0.5, 0.6) is 0 Å². The second-order valence-corrected chi connectivity index (χ2v) is 5.66. The van der Waals surface area contributed by atoms with Crippen LogP contribution in [0, 0.1) is 0 Å². The third-order valence-corrected chi connectivity index (χ3v) is 4.08. The SMILES string of the molecule is C=C1N(C)c2ccc(CNC(=O)CCl)cc2C1(C)C. The minimum atomic E-state index is -0.150. The lowest BCUT2D eigenvalue weighted by Gasteiger charge is -2.22. The van der Waals surface area contributed by atoms with Gasteiger partial charge in [-0.2, -0.15) is 0 Å². The third kappa shape index (κ3) is 2.35. The van der Waals surface area contributed by atoms with Crippen LogP contribution in [-0.2, 0) is 16.8 Å². The number of likely N-dealkylation sites (N-methyl/N-ethyl adjacent to an activating group) is 1. The maximum absolute atomic E-state index is 11.2. The van der Waals surface area contributed by atoms with Crippen molar-refractivity contribution in [3.05, 3.63) is 41.6 Å². The summed E-state index contributed by atoms with van der Waals surface area (Å²) in [6.45, 7) is 8.99. The predicted octanol–water partition coefficient (Wildman–Crippen LogP) is 2.78. The number of rotatable bonds is 3. The summed E-state index contributed by atoms with van der Waals surface area (Å²) in [6, 6.07) is 6.24. The molecular formula is C15H19ClN2O. The van der Waals surface area contributed by atoms with E-state index in [1.165, 1.54) is 11.3 Å². The highest BCUT2D eigenvalue weighted by Crippen LogP contribution is 2.46. The second kappa shape index (κ2) is 4.89. The third-order valence-electron chi connectivity index (χ3n) is 3.83. The zero-order chi connectivity index (χ0) is 14.2. The first-order valence-electron chi connectivity index (χ1n) is 6.27. The average Bonchev–Trinajstić information content (AvgIpc) is 2.57. The number of allylic oxidation sites excluding steroid dienone is 1. The summed E-state index contributed by atoms with van der Waals surface area (Å²) in [7, 11) is 2.03. The summed E-state index contributed by atoms with van der Waals surface area (Å²) in [5, 5.41) is 2.78. The number of hydrogen-bond donors (Lipinski definition) is 1. The number of nitrogens with zero attached hydrogens (tertiary/aromatic N) is 1. The molecule has 1 heterocycles. The van der Waals surface area contributed by atoms with E-state index in [0.717, 1.165) is 11.3 Å². The fourth-order valence-corrected chi connectivity index (χ4v) is 2.55. The molecule has 1 aliphatic heterocycles. The molecule has 0 bridgehead atoms. The van der Waals surface area contributed by atoms with Crippen molar-refractivity contribution in [1.82, 2.24) is 5.32 Å². The van der Waals surface area contributed by atoms with Crippen LogP contribution in [0.1, 0.15) is 25.0 Å². The predicted molar refractivity (Wildman–Crippen MR) is 79.6 cm³/mol. The van der Waals surface area contributed by atoms with Crippen LogP contribution in [0.4, 0.5) is 5.69 Å². The maximum Gasteiger partial charge on any atom is 0.235 e. The zero-order valence-corrected chi connectivity index (χ0v) is 12.3. The van der Waals surface area contributed by atoms with Crippen molar-refractivity contribution in [1.29, 1.82) is 0 Å². The van der Waals surface area contributed by atoms with Gasteiger partial charge in [0.05, 0.1) is 0 Å². The van der Waals surface area contributed by atoms with Gasteiger partial charge in [-0.1, -0.05) is 32.6 Å². The van der Waals surface area contributed by atoms with Gasteiger partial charge in [0.25, 0.3) is 0 Å². The minimum absolute atomic E-state index is 0.00399. The zero-order valence-electron chi connectivity index (χ0n) is 11.6. The van der Waals surface area contributed by atoms with Crippen molar-refractivity contribution in [2.24, 2.45) is 0 Å². The Morgan fingerprint density at radius 1 is 1.47 bits per heavy atom. The Morgan fingerprint density at radius 2 is 2.16 bits per heavy atom. The number of anilines is 1. The molecule has 0 saturated heterocycles. The van der Waals surface area contributed by atoms with Crippen LogP contribution in [0.2, 0.25) is 0 Å². The Balaban J connectivity index is 2.28. The van der Waals surface area contributed by atoms with E-state index in [0.29, 0.717) is 6.54 Å². The molecule has 1 N–H and O–H groups in total. The largest absolute Gasteiger partial charge is 0.351 e. The van der Waals surface area contributed by atoms with Gasteiger partial charge in [0.2, 0.25) is 5.91 Å². The van der Waals surface area contributed by atoms with E-state index in [4.69, 9.17) is 11.6 Å². The summed E-state index contributed by atoms with van der Waals surface area (Å²) in [5.74, 6) is -0.154. The summed E-state index contributed by atoms with van der Waals surface area (Å²) < 4.78 is 0. The van der Waals surface area contributed by atoms with Crippen LogP contribution in [0.25, 0.3) is 0 Å². The topological polar surface area (TPSA) is 32.3 Å². The van der Waals surface area contributed by atoms with Gasteiger partial charge < -0.3 is 10.2 Å². The van der Waals surface area contributed by atoms with Gasteiger partial charge in [0, 0.05) is 30.4 Å². The lowest BCUT2D eigenvalue weighted by molar-refractivity contribution is -0.118. The standard InChI is InChI=1S/C15H19ClN2O/c1-10-15(2,3)12-7-11(9-17-14(19)8-16)5-6-13(12)18(10)4/h5-7H,1,8-9H2,2-4H3,(H,17,19). The molecule has 3 nitrogen and oxygen atoms in total. The van der Waals surface area contributed by atoms with E-state index in [9.17, 15) is 4.79 Å². The number of fused-ring (bicyclic) bond motifs is 1. The first kappa shape index (κ1) is 13.9. The van der Waals surface area contributed by atoms with Gasteiger partial charge in [-0.3, -0.25) is 4.79 Å². The van der Waals surface area contributed by atoms with E-state index < -0.39 is 0 Å². The number of amides is 1. The minimum Gasteiger partial charge on any atom is -0.351 e. The average molecular weight is 279 g/mol. The molecule has 0 aromatic heterocycles. The molecular weight excluding hydrogens is 260 g/mol. The highest BCUT2D eigenvalue weighted by molar-refractivity contribution is 6.27. The second-order valence-electron chi connectivity index (χ2n) is 5.39. The van der Waals surface area contributed by atoms with E-state index in [1.807, 2.05) is 13.1 Å². The van der Waals surface area contributed by atoms with E-state index >= 15 is 0 Å². The molecule has 2 rings (SSSR count). The van der Waals surface area contributed by atoms with Crippen LogP contribution in [-0.4, -0.2) is 18.8 Å². The van der Waals surface area contributed by atoms with Crippen LogP contribution in [0.15, 0.2) is 30.5 Å². The number of carbonyl (C=O) groups excluding carboxylic acids is 1. The van der Waals surface area contributed by atoms with Crippen LogP contribution in [0.3, 0.4) is 0 Å². The lowest BCUT2D eigenvalue weighted by Crippen LogP contribution is -2.24. The van der Waals surface area contributed by atoms with Crippen molar-refractivity contribution >= 4 is 23.2 Å². The Labute approximate surface area is 119 Å². The molecule has 19 heavy (non-hydrogen) atoms. The van der Waals surface area contributed by atoms with E-state index in [-0.39, 0.29) is 17.2 Å².